The van der Waals surface area contributed by atoms with Gasteiger partial charge in [-0.15, -0.1) is 0 Å². The molecular weight excluding hydrogens is 288 g/mol. The summed E-state index contributed by atoms with van der Waals surface area (Å²) in [6.45, 7) is 8.55. The van der Waals surface area contributed by atoms with Crippen molar-refractivity contribution in [2.75, 3.05) is 32.7 Å². The van der Waals surface area contributed by atoms with E-state index in [-0.39, 0.29) is 6.04 Å². The minimum absolute atomic E-state index is 0.0947. The van der Waals surface area contributed by atoms with Gasteiger partial charge in [0.15, 0.2) is 0 Å². The van der Waals surface area contributed by atoms with Crippen LogP contribution in [0.3, 0.4) is 0 Å². The van der Waals surface area contributed by atoms with Crippen LogP contribution in [-0.2, 0) is 10.2 Å². The Morgan fingerprint density at radius 1 is 1.10 bits per heavy atom. The molecule has 0 aromatic heterocycles. The lowest BCUT2D eigenvalue weighted by atomic mass is 10.0. The lowest BCUT2D eigenvalue weighted by Crippen LogP contribution is -2.58. The molecule has 2 fully saturated rings. The summed E-state index contributed by atoms with van der Waals surface area (Å²) < 4.78 is 28.7. The molecule has 2 rings (SSSR count). The first kappa shape index (κ1) is 16.7. The Bertz CT molecular complexity index is 504. The summed E-state index contributed by atoms with van der Waals surface area (Å²) in [6.07, 6.45) is 3.00. The first-order valence-electron chi connectivity index (χ1n) is 7.72. The molecule has 0 saturated carbocycles. The fraction of sp³-hybridized carbons (Fsp3) is 0.929. The van der Waals surface area contributed by atoms with Gasteiger partial charge in [0.2, 0.25) is 0 Å². The molecule has 2 aliphatic heterocycles. The highest BCUT2D eigenvalue weighted by Crippen LogP contribution is 2.24. The summed E-state index contributed by atoms with van der Waals surface area (Å²) in [6, 6.07) is 2.38. The summed E-state index contributed by atoms with van der Waals surface area (Å²) in [7, 11) is -3.35. The molecule has 0 aromatic carbocycles. The van der Waals surface area contributed by atoms with Crippen molar-refractivity contribution in [3.05, 3.63) is 0 Å². The molecule has 1 atom stereocenters. The van der Waals surface area contributed by atoms with Crippen molar-refractivity contribution in [1.82, 2.24) is 13.5 Å². The van der Waals surface area contributed by atoms with Crippen LogP contribution in [0.5, 0.6) is 0 Å². The van der Waals surface area contributed by atoms with Gasteiger partial charge >= 0.3 is 0 Å². The van der Waals surface area contributed by atoms with Gasteiger partial charge in [-0.25, -0.2) is 0 Å². The van der Waals surface area contributed by atoms with Crippen molar-refractivity contribution in [1.29, 1.82) is 5.26 Å². The molecule has 0 amide bonds. The van der Waals surface area contributed by atoms with Crippen LogP contribution in [0.2, 0.25) is 0 Å². The second kappa shape index (κ2) is 6.21. The Balaban J connectivity index is 2.03. The summed E-state index contributed by atoms with van der Waals surface area (Å²) >= 11 is 0. The highest BCUT2D eigenvalue weighted by Gasteiger charge is 2.38. The molecule has 120 valence electrons. The first-order valence-corrected chi connectivity index (χ1v) is 9.12. The molecule has 2 aliphatic rings. The van der Waals surface area contributed by atoms with Gasteiger partial charge < -0.3 is 0 Å². The van der Waals surface area contributed by atoms with E-state index in [0.29, 0.717) is 32.7 Å². The Morgan fingerprint density at radius 3 is 2.24 bits per heavy atom. The summed E-state index contributed by atoms with van der Waals surface area (Å²) in [5.74, 6) is 0. The van der Waals surface area contributed by atoms with Gasteiger partial charge in [-0.3, -0.25) is 4.90 Å². The maximum absolute atomic E-state index is 12.7. The predicted octanol–water partition coefficient (Wildman–Crippen LogP) is 1.03. The van der Waals surface area contributed by atoms with Crippen LogP contribution in [0.15, 0.2) is 0 Å². The van der Waals surface area contributed by atoms with E-state index < -0.39 is 15.7 Å². The standard InChI is InChI=1S/C14H26N4O2S/c1-13-6-4-5-7-18(13)21(19,20)17-10-8-16(9-11-17)14(2,3)12-15/h13H,4-11H2,1-3H3. The number of nitriles is 1. The maximum Gasteiger partial charge on any atom is 0.282 e. The van der Waals surface area contributed by atoms with Gasteiger partial charge in [-0.2, -0.15) is 22.3 Å². The number of hydrogen-bond donors (Lipinski definition) is 0. The van der Waals surface area contributed by atoms with Crippen molar-refractivity contribution < 1.29 is 8.42 Å². The monoisotopic (exact) mass is 314 g/mol. The first-order chi connectivity index (χ1) is 9.79. The smallest absolute Gasteiger partial charge is 0.282 e. The molecule has 2 saturated heterocycles. The van der Waals surface area contributed by atoms with E-state index >= 15 is 0 Å². The van der Waals surface area contributed by atoms with Crippen molar-refractivity contribution >= 4 is 10.2 Å². The quantitative estimate of drug-likeness (QED) is 0.780. The zero-order valence-corrected chi connectivity index (χ0v) is 14.1. The Labute approximate surface area is 128 Å². The molecule has 0 bridgehead atoms. The molecule has 2 heterocycles. The van der Waals surface area contributed by atoms with Gasteiger partial charge in [0.25, 0.3) is 10.2 Å². The van der Waals surface area contributed by atoms with Crippen LogP contribution < -0.4 is 0 Å². The van der Waals surface area contributed by atoms with E-state index in [2.05, 4.69) is 11.0 Å². The van der Waals surface area contributed by atoms with Crippen LogP contribution in [0, 0.1) is 11.3 Å². The average Bonchev–Trinajstić information content (AvgIpc) is 2.47. The van der Waals surface area contributed by atoms with Gasteiger partial charge in [0, 0.05) is 38.8 Å². The predicted molar refractivity (Wildman–Crippen MR) is 81.8 cm³/mol. The highest BCUT2D eigenvalue weighted by atomic mass is 32.2. The second-order valence-corrected chi connectivity index (χ2v) is 8.40. The van der Waals surface area contributed by atoms with E-state index in [9.17, 15) is 13.7 Å². The van der Waals surface area contributed by atoms with Gasteiger partial charge in [0.05, 0.1) is 6.07 Å². The molecule has 0 spiro atoms. The summed E-state index contributed by atoms with van der Waals surface area (Å²) in [4.78, 5) is 2.05. The largest absolute Gasteiger partial charge is 0.283 e. The van der Waals surface area contributed by atoms with E-state index in [1.165, 1.54) is 0 Å². The lowest BCUT2D eigenvalue weighted by Gasteiger charge is -2.42. The van der Waals surface area contributed by atoms with Crippen molar-refractivity contribution in [3.8, 4) is 6.07 Å². The average molecular weight is 314 g/mol. The van der Waals surface area contributed by atoms with E-state index in [4.69, 9.17) is 0 Å². The van der Waals surface area contributed by atoms with Crippen LogP contribution in [-0.4, -0.2) is 66.2 Å². The zero-order chi connectivity index (χ0) is 15.7. The number of rotatable bonds is 3. The molecule has 6 nitrogen and oxygen atoms in total. The summed E-state index contributed by atoms with van der Waals surface area (Å²) in [5.41, 5.74) is -0.533. The van der Waals surface area contributed by atoms with Crippen LogP contribution in [0.1, 0.15) is 40.0 Å². The number of piperidine rings is 1. The fourth-order valence-corrected chi connectivity index (χ4v) is 4.95. The van der Waals surface area contributed by atoms with Crippen molar-refractivity contribution in [2.45, 2.75) is 51.6 Å². The van der Waals surface area contributed by atoms with Gasteiger partial charge in [0.1, 0.15) is 5.54 Å². The third kappa shape index (κ3) is 3.39. The second-order valence-electron chi connectivity index (χ2n) is 6.52. The molecule has 7 heteroatoms. The third-order valence-electron chi connectivity index (χ3n) is 4.67. The van der Waals surface area contributed by atoms with E-state index in [0.717, 1.165) is 19.3 Å². The SMILES string of the molecule is CC1CCCCN1S(=O)(=O)N1CCN(C(C)(C)C#N)CC1. The van der Waals surface area contributed by atoms with Gasteiger partial charge in [-0.1, -0.05) is 6.42 Å². The zero-order valence-electron chi connectivity index (χ0n) is 13.2. The third-order valence-corrected chi connectivity index (χ3v) is 6.82. The molecule has 21 heavy (non-hydrogen) atoms. The molecule has 0 aliphatic carbocycles. The van der Waals surface area contributed by atoms with Gasteiger partial charge in [-0.05, 0) is 33.6 Å². The lowest BCUT2D eigenvalue weighted by molar-refractivity contribution is 0.110. The molecular formula is C14H26N4O2S. The Morgan fingerprint density at radius 2 is 1.71 bits per heavy atom. The van der Waals surface area contributed by atoms with Crippen LogP contribution >= 0.6 is 0 Å². The van der Waals surface area contributed by atoms with E-state index in [1.54, 1.807) is 8.61 Å². The molecule has 0 aromatic rings. The number of hydrogen-bond acceptors (Lipinski definition) is 4. The van der Waals surface area contributed by atoms with Crippen molar-refractivity contribution in [3.63, 3.8) is 0 Å². The molecule has 1 unspecified atom stereocenters. The number of piperazine rings is 1. The minimum atomic E-state index is -3.35. The maximum atomic E-state index is 12.7. The minimum Gasteiger partial charge on any atom is -0.283 e. The fourth-order valence-electron chi connectivity index (χ4n) is 3.11. The number of nitrogens with zero attached hydrogens (tertiary/aromatic N) is 4. The van der Waals surface area contributed by atoms with E-state index in [1.807, 2.05) is 20.8 Å². The van der Waals surface area contributed by atoms with Crippen LogP contribution in [0.4, 0.5) is 0 Å². The topological polar surface area (TPSA) is 67.7 Å². The normalized spacial score (nSPS) is 27.4. The Kier molecular flexibility index (Phi) is 4.93. The Hall–Kier alpha value is -0.680. The van der Waals surface area contributed by atoms with Crippen LogP contribution in [0.25, 0.3) is 0 Å². The highest BCUT2D eigenvalue weighted by molar-refractivity contribution is 7.86. The van der Waals surface area contributed by atoms with Crippen molar-refractivity contribution in [2.24, 2.45) is 0 Å². The molecule has 0 radical (unpaired) electrons. The molecule has 0 N–H and O–H groups in total. The summed E-state index contributed by atoms with van der Waals surface area (Å²) in [5, 5.41) is 9.18.